The quantitative estimate of drug-likeness (QED) is 0.290. The van der Waals surface area contributed by atoms with E-state index in [1.807, 2.05) is 6.92 Å². The van der Waals surface area contributed by atoms with Gasteiger partial charge >= 0.3 is 11.9 Å². The highest BCUT2D eigenvalue weighted by Gasteiger charge is 2.20. The Bertz CT molecular complexity index is 598. The minimum absolute atomic E-state index is 0.0601. The van der Waals surface area contributed by atoms with Crippen LogP contribution in [0.4, 0.5) is 0 Å². The Labute approximate surface area is 145 Å². The van der Waals surface area contributed by atoms with Crippen molar-refractivity contribution in [3.63, 3.8) is 0 Å². The standard InChI is InChI=1S/C16H19ClO7/c1-4-22-7-8-23-15(18)12-9-11(17)5-6-13(12)24-14(10-20-2)16(19)21-3/h5-6,9-10H,4,7-8H2,1-3H3/b14-10+. The smallest absolute Gasteiger partial charge is 0.377 e. The highest BCUT2D eigenvalue weighted by Crippen LogP contribution is 2.26. The number of rotatable bonds is 9. The number of ether oxygens (including phenoxy) is 5. The van der Waals surface area contributed by atoms with Gasteiger partial charge in [0.15, 0.2) is 0 Å². The van der Waals surface area contributed by atoms with Gasteiger partial charge in [-0.3, -0.25) is 0 Å². The fraction of sp³-hybridized carbons (Fsp3) is 0.375. The molecule has 0 spiro atoms. The lowest BCUT2D eigenvalue weighted by atomic mass is 10.2. The van der Waals surface area contributed by atoms with Gasteiger partial charge in [0, 0.05) is 11.6 Å². The molecule has 1 rings (SSSR count). The first-order valence-corrected chi connectivity index (χ1v) is 7.44. The molecule has 24 heavy (non-hydrogen) atoms. The molecule has 8 heteroatoms. The van der Waals surface area contributed by atoms with Gasteiger partial charge in [0.05, 0.1) is 20.8 Å². The van der Waals surface area contributed by atoms with Crippen molar-refractivity contribution in [3.8, 4) is 5.75 Å². The molecule has 0 fully saturated rings. The van der Waals surface area contributed by atoms with E-state index in [4.69, 9.17) is 30.5 Å². The molecule has 0 aliphatic heterocycles. The van der Waals surface area contributed by atoms with E-state index in [0.29, 0.717) is 11.6 Å². The van der Waals surface area contributed by atoms with E-state index in [2.05, 4.69) is 4.74 Å². The zero-order valence-electron chi connectivity index (χ0n) is 13.7. The predicted molar refractivity (Wildman–Crippen MR) is 86.0 cm³/mol. The number of esters is 2. The summed E-state index contributed by atoms with van der Waals surface area (Å²) in [7, 11) is 2.54. The van der Waals surface area contributed by atoms with Gasteiger partial charge in [0.1, 0.15) is 24.2 Å². The van der Waals surface area contributed by atoms with Crippen molar-refractivity contribution in [1.29, 1.82) is 0 Å². The number of hydrogen-bond donors (Lipinski definition) is 0. The van der Waals surface area contributed by atoms with Crippen molar-refractivity contribution in [2.24, 2.45) is 0 Å². The molecule has 7 nitrogen and oxygen atoms in total. The van der Waals surface area contributed by atoms with Crippen molar-refractivity contribution in [3.05, 3.63) is 40.8 Å². The predicted octanol–water partition coefficient (Wildman–Crippen LogP) is 2.57. The second-order valence-electron chi connectivity index (χ2n) is 4.28. The second-order valence-corrected chi connectivity index (χ2v) is 4.72. The van der Waals surface area contributed by atoms with Crippen molar-refractivity contribution >= 4 is 23.5 Å². The van der Waals surface area contributed by atoms with Crippen molar-refractivity contribution in [2.45, 2.75) is 6.92 Å². The molecular formula is C16H19ClO7. The lowest BCUT2D eigenvalue weighted by Gasteiger charge is -2.12. The zero-order chi connectivity index (χ0) is 17.9. The molecule has 0 bridgehead atoms. The van der Waals surface area contributed by atoms with Crippen LogP contribution >= 0.6 is 11.6 Å². The first-order valence-electron chi connectivity index (χ1n) is 7.07. The molecule has 0 atom stereocenters. The Balaban J connectivity index is 2.96. The topological polar surface area (TPSA) is 80.3 Å². The maximum Gasteiger partial charge on any atom is 0.377 e. The molecule has 0 aliphatic rings. The lowest BCUT2D eigenvalue weighted by Crippen LogP contribution is -2.15. The van der Waals surface area contributed by atoms with Crippen LogP contribution in [0.3, 0.4) is 0 Å². The molecule has 0 saturated carbocycles. The Morgan fingerprint density at radius 3 is 2.58 bits per heavy atom. The molecule has 0 N–H and O–H groups in total. The van der Waals surface area contributed by atoms with Crippen LogP contribution in [0.5, 0.6) is 5.75 Å². The van der Waals surface area contributed by atoms with Crippen LogP contribution in [-0.4, -0.2) is 46.0 Å². The number of halogens is 1. The van der Waals surface area contributed by atoms with Crippen LogP contribution in [0.1, 0.15) is 17.3 Å². The number of hydrogen-bond acceptors (Lipinski definition) is 7. The Morgan fingerprint density at radius 1 is 1.21 bits per heavy atom. The molecular weight excluding hydrogens is 340 g/mol. The molecule has 1 aromatic carbocycles. The van der Waals surface area contributed by atoms with Crippen LogP contribution in [0.25, 0.3) is 0 Å². The van der Waals surface area contributed by atoms with E-state index in [0.717, 1.165) is 6.26 Å². The maximum atomic E-state index is 12.2. The number of benzene rings is 1. The first-order chi connectivity index (χ1) is 11.5. The summed E-state index contributed by atoms with van der Waals surface area (Å²) in [4.78, 5) is 23.8. The summed E-state index contributed by atoms with van der Waals surface area (Å²) in [6.45, 7) is 2.71. The normalized spacial score (nSPS) is 10.9. The monoisotopic (exact) mass is 358 g/mol. The summed E-state index contributed by atoms with van der Waals surface area (Å²) < 4.78 is 24.9. The van der Waals surface area contributed by atoms with E-state index >= 15 is 0 Å². The van der Waals surface area contributed by atoms with Crippen molar-refractivity contribution in [2.75, 3.05) is 34.0 Å². The van der Waals surface area contributed by atoms with E-state index in [1.165, 1.54) is 32.4 Å². The second kappa shape index (κ2) is 10.5. The Morgan fingerprint density at radius 2 is 1.96 bits per heavy atom. The van der Waals surface area contributed by atoms with Crippen LogP contribution in [-0.2, 0) is 23.7 Å². The third kappa shape index (κ3) is 6.10. The molecule has 0 amide bonds. The number of carbonyl (C=O) groups is 2. The molecule has 0 unspecified atom stereocenters. The molecule has 0 saturated heterocycles. The summed E-state index contributed by atoms with van der Waals surface area (Å²) in [5.74, 6) is -1.57. The van der Waals surface area contributed by atoms with E-state index in [9.17, 15) is 9.59 Å². The molecule has 0 heterocycles. The Kier molecular flexibility index (Phi) is 8.67. The highest BCUT2D eigenvalue weighted by molar-refractivity contribution is 6.31. The average Bonchev–Trinajstić information content (AvgIpc) is 2.58. The van der Waals surface area contributed by atoms with Crippen molar-refractivity contribution < 1.29 is 33.3 Å². The molecule has 0 aromatic heterocycles. The van der Waals surface area contributed by atoms with Gasteiger partial charge in [-0.25, -0.2) is 9.59 Å². The average molecular weight is 359 g/mol. The fourth-order valence-electron chi connectivity index (χ4n) is 1.61. The zero-order valence-corrected chi connectivity index (χ0v) is 14.4. The van der Waals surface area contributed by atoms with Gasteiger partial charge in [-0.2, -0.15) is 0 Å². The maximum absolute atomic E-state index is 12.2. The first kappa shape index (κ1) is 19.8. The third-order valence-electron chi connectivity index (χ3n) is 2.66. The van der Waals surface area contributed by atoms with E-state index in [-0.39, 0.29) is 30.3 Å². The molecule has 132 valence electrons. The summed E-state index contributed by atoms with van der Waals surface area (Å²) in [6, 6.07) is 4.32. The summed E-state index contributed by atoms with van der Waals surface area (Å²) in [5, 5.41) is 0.314. The minimum atomic E-state index is -0.762. The summed E-state index contributed by atoms with van der Waals surface area (Å²) in [5.41, 5.74) is 0.0601. The molecule has 0 radical (unpaired) electrons. The highest BCUT2D eigenvalue weighted by atomic mass is 35.5. The summed E-state index contributed by atoms with van der Waals surface area (Å²) in [6.07, 6.45) is 1.06. The van der Waals surface area contributed by atoms with Gasteiger partial charge in [-0.1, -0.05) is 11.6 Å². The molecule has 1 aromatic rings. The lowest BCUT2D eigenvalue weighted by molar-refractivity contribution is -0.138. The third-order valence-corrected chi connectivity index (χ3v) is 2.89. The SMILES string of the molecule is CCOCCOC(=O)c1cc(Cl)ccc1O/C(=C/OC)C(=O)OC. The van der Waals surface area contributed by atoms with Crippen LogP contribution in [0.2, 0.25) is 5.02 Å². The van der Waals surface area contributed by atoms with E-state index in [1.54, 1.807) is 0 Å². The van der Waals surface area contributed by atoms with Gasteiger partial charge in [0.25, 0.3) is 0 Å². The fourth-order valence-corrected chi connectivity index (χ4v) is 1.78. The van der Waals surface area contributed by atoms with Gasteiger partial charge in [-0.05, 0) is 25.1 Å². The molecule has 0 aliphatic carbocycles. The number of methoxy groups -OCH3 is 2. The van der Waals surface area contributed by atoms with Gasteiger partial charge < -0.3 is 23.7 Å². The van der Waals surface area contributed by atoms with Gasteiger partial charge in [0.2, 0.25) is 5.76 Å². The van der Waals surface area contributed by atoms with Crippen LogP contribution in [0, 0.1) is 0 Å². The summed E-state index contributed by atoms with van der Waals surface area (Å²) >= 11 is 5.91. The van der Waals surface area contributed by atoms with Crippen molar-refractivity contribution in [1.82, 2.24) is 0 Å². The van der Waals surface area contributed by atoms with Gasteiger partial charge in [-0.15, -0.1) is 0 Å². The van der Waals surface area contributed by atoms with Crippen LogP contribution < -0.4 is 4.74 Å². The van der Waals surface area contributed by atoms with Crippen LogP contribution in [0.15, 0.2) is 30.2 Å². The van der Waals surface area contributed by atoms with E-state index < -0.39 is 11.9 Å². The largest absolute Gasteiger partial charge is 0.500 e. The Hall–Kier alpha value is -2.25. The number of carbonyl (C=O) groups excluding carboxylic acids is 2. The minimum Gasteiger partial charge on any atom is -0.500 e.